The van der Waals surface area contributed by atoms with E-state index >= 15 is 0 Å². The van der Waals surface area contributed by atoms with Crippen molar-refractivity contribution in [3.05, 3.63) is 102 Å². The third kappa shape index (κ3) is 10.2. The Labute approximate surface area is 288 Å². The molecule has 11 nitrogen and oxygen atoms in total. The van der Waals surface area contributed by atoms with Gasteiger partial charge < -0.3 is 30.6 Å². The fourth-order valence-corrected chi connectivity index (χ4v) is 5.84. The molecule has 0 aliphatic heterocycles. The molecule has 0 saturated carbocycles. The molecule has 4 rings (SSSR count). The first-order valence-corrected chi connectivity index (χ1v) is 15.4. The number of carbonyl (C=O) groups excluding carboxylic acids is 2. The second-order valence-electron chi connectivity index (χ2n) is 10.4. The van der Waals surface area contributed by atoms with E-state index in [9.17, 15) is 18.0 Å². The van der Waals surface area contributed by atoms with E-state index in [1.807, 2.05) is 49.3 Å². The standard InChI is InChI=1S/C33H37N5O5S.2ClH.H2O/c1-37(2)29-15-7-6-14-28(29)32(39)35-19-18-34-26-12-9-13-27(22-26)36-44(41,42)31-21-24(16-17-30(31)43-5)23-10-8-11-25(20-23)33(40)38(3)4;;;/h6-17,20-22,34,36H,18-19H2,1-5H3,(H,35,39);2*1H;1H2. The Bertz CT molecular complexity index is 1770. The Morgan fingerprint density at radius 1 is 0.766 bits per heavy atom. The zero-order chi connectivity index (χ0) is 31.9. The van der Waals surface area contributed by atoms with Crippen molar-refractivity contribution in [3.8, 4) is 16.9 Å². The van der Waals surface area contributed by atoms with Gasteiger partial charge in [-0.3, -0.25) is 14.3 Å². The number of carbonyl (C=O) groups is 2. The molecule has 0 radical (unpaired) electrons. The van der Waals surface area contributed by atoms with Crippen molar-refractivity contribution in [2.75, 3.05) is 63.3 Å². The Hall–Kier alpha value is -4.49. The number of para-hydroxylation sites is 1. The van der Waals surface area contributed by atoms with Gasteiger partial charge in [-0.25, -0.2) is 8.42 Å². The largest absolute Gasteiger partial charge is 0.495 e. The van der Waals surface area contributed by atoms with Crippen molar-refractivity contribution < 1.29 is 28.2 Å². The fourth-order valence-electron chi connectivity index (χ4n) is 4.59. The smallest absolute Gasteiger partial charge is 0.265 e. The van der Waals surface area contributed by atoms with Gasteiger partial charge in [0.1, 0.15) is 10.6 Å². The molecule has 0 atom stereocenters. The van der Waals surface area contributed by atoms with Crippen LogP contribution in [0.4, 0.5) is 17.1 Å². The number of nitrogens with one attached hydrogen (secondary N) is 3. The van der Waals surface area contributed by atoms with Gasteiger partial charge in [0.25, 0.3) is 21.8 Å². The molecular formula is C33H41Cl2N5O6S. The predicted molar refractivity (Wildman–Crippen MR) is 193 cm³/mol. The number of ether oxygens (including phenoxy) is 1. The highest BCUT2D eigenvalue weighted by Crippen LogP contribution is 2.32. The number of amides is 2. The normalized spacial score (nSPS) is 10.2. The van der Waals surface area contributed by atoms with Crippen LogP contribution in [0.15, 0.2) is 95.9 Å². The molecule has 0 aromatic heterocycles. The summed E-state index contributed by atoms with van der Waals surface area (Å²) >= 11 is 0. The van der Waals surface area contributed by atoms with E-state index in [0.717, 1.165) is 5.69 Å². The van der Waals surface area contributed by atoms with Crippen LogP contribution in [0.1, 0.15) is 20.7 Å². The Morgan fingerprint density at radius 3 is 2.11 bits per heavy atom. The molecule has 0 aliphatic carbocycles. The first-order chi connectivity index (χ1) is 21.0. The van der Waals surface area contributed by atoms with Crippen molar-refractivity contribution in [2.45, 2.75) is 4.90 Å². The number of halogens is 2. The third-order valence-corrected chi connectivity index (χ3v) is 8.19. The van der Waals surface area contributed by atoms with Crippen LogP contribution >= 0.6 is 24.8 Å². The lowest BCUT2D eigenvalue weighted by Gasteiger charge is -2.17. The summed E-state index contributed by atoms with van der Waals surface area (Å²) in [5.41, 5.74) is 4.25. The molecule has 5 N–H and O–H groups in total. The summed E-state index contributed by atoms with van der Waals surface area (Å²) in [6.45, 7) is 0.791. The number of methoxy groups -OCH3 is 1. The fraction of sp³-hybridized carbons (Fsp3) is 0.212. The van der Waals surface area contributed by atoms with Gasteiger partial charge >= 0.3 is 0 Å². The summed E-state index contributed by atoms with van der Waals surface area (Å²) in [5, 5.41) is 6.13. The maximum Gasteiger partial charge on any atom is 0.265 e. The van der Waals surface area contributed by atoms with Gasteiger partial charge in [-0.2, -0.15) is 0 Å². The number of benzene rings is 4. The average molecular weight is 707 g/mol. The summed E-state index contributed by atoms with van der Waals surface area (Å²) in [7, 11) is 4.47. The number of sulfonamides is 1. The van der Waals surface area contributed by atoms with E-state index in [1.165, 1.54) is 18.1 Å². The molecule has 47 heavy (non-hydrogen) atoms. The SMILES string of the molecule is COc1ccc(-c2cccc(C(=O)N(C)C)c2)cc1S(=O)(=O)Nc1cccc(NCCNC(=O)c2ccccc2N(C)C)c1.Cl.Cl.O. The molecular weight excluding hydrogens is 665 g/mol. The van der Waals surface area contributed by atoms with E-state index in [4.69, 9.17) is 4.74 Å². The molecule has 4 aromatic carbocycles. The van der Waals surface area contributed by atoms with E-state index in [-0.39, 0.29) is 52.7 Å². The van der Waals surface area contributed by atoms with Gasteiger partial charge in [0.15, 0.2) is 0 Å². The van der Waals surface area contributed by atoms with Gasteiger partial charge in [0, 0.05) is 58.2 Å². The molecule has 14 heteroatoms. The van der Waals surface area contributed by atoms with Gasteiger partial charge in [-0.1, -0.05) is 36.4 Å². The Balaban J connectivity index is 0.00000368. The second-order valence-corrected chi connectivity index (χ2v) is 12.1. The van der Waals surface area contributed by atoms with Gasteiger partial charge in [-0.05, 0) is 65.7 Å². The predicted octanol–water partition coefficient (Wildman–Crippen LogP) is 4.79. The quantitative estimate of drug-likeness (QED) is 0.179. The number of anilines is 3. The molecule has 4 aromatic rings. The monoisotopic (exact) mass is 705 g/mol. The average Bonchev–Trinajstić information content (AvgIpc) is 3.02. The Kier molecular flexibility index (Phi) is 15.5. The molecule has 254 valence electrons. The number of nitrogens with zero attached hydrogens (tertiary/aromatic N) is 2. The highest BCUT2D eigenvalue weighted by Gasteiger charge is 2.21. The molecule has 2 amide bonds. The highest BCUT2D eigenvalue weighted by molar-refractivity contribution is 7.92. The summed E-state index contributed by atoms with van der Waals surface area (Å²) in [4.78, 5) is 28.5. The summed E-state index contributed by atoms with van der Waals surface area (Å²) in [5.74, 6) is -0.146. The maximum absolute atomic E-state index is 13.6. The van der Waals surface area contributed by atoms with Crippen LogP contribution in [-0.2, 0) is 10.0 Å². The van der Waals surface area contributed by atoms with Crippen LogP contribution in [0.3, 0.4) is 0 Å². The second kappa shape index (κ2) is 18.0. The minimum Gasteiger partial charge on any atom is -0.495 e. The minimum atomic E-state index is -4.06. The zero-order valence-corrected chi connectivity index (χ0v) is 29.2. The van der Waals surface area contributed by atoms with Crippen molar-refractivity contribution in [1.82, 2.24) is 10.2 Å². The van der Waals surface area contributed by atoms with E-state index in [0.29, 0.717) is 46.7 Å². The van der Waals surface area contributed by atoms with E-state index in [1.54, 1.807) is 68.7 Å². The summed E-state index contributed by atoms with van der Waals surface area (Å²) in [6, 6.07) is 26.1. The minimum absolute atomic E-state index is 0. The third-order valence-electron chi connectivity index (χ3n) is 6.79. The van der Waals surface area contributed by atoms with Gasteiger partial charge in [-0.15, -0.1) is 24.8 Å². The Morgan fingerprint density at radius 2 is 1.43 bits per heavy atom. The van der Waals surface area contributed by atoms with Crippen LogP contribution in [0, 0.1) is 0 Å². The molecule has 0 unspecified atom stereocenters. The first-order valence-electron chi connectivity index (χ1n) is 13.9. The zero-order valence-electron chi connectivity index (χ0n) is 26.7. The number of rotatable bonds is 12. The van der Waals surface area contributed by atoms with Gasteiger partial charge in [0.2, 0.25) is 0 Å². The number of hydrogen-bond donors (Lipinski definition) is 3. The van der Waals surface area contributed by atoms with Crippen molar-refractivity contribution in [3.63, 3.8) is 0 Å². The lowest BCUT2D eigenvalue weighted by Crippen LogP contribution is -2.30. The van der Waals surface area contributed by atoms with Crippen molar-refractivity contribution in [2.24, 2.45) is 0 Å². The lowest BCUT2D eigenvalue weighted by molar-refractivity contribution is 0.0827. The van der Waals surface area contributed by atoms with Crippen LogP contribution in [0.2, 0.25) is 0 Å². The molecule has 0 fully saturated rings. The highest BCUT2D eigenvalue weighted by atomic mass is 35.5. The first kappa shape index (κ1) is 40.5. The molecule has 0 bridgehead atoms. The number of hydrogen-bond acceptors (Lipinski definition) is 7. The summed E-state index contributed by atoms with van der Waals surface area (Å²) in [6.07, 6.45) is 0. The summed E-state index contributed by atoms with van der Waals surface area (Å²) < 4.78 is 35.1. The molecule has 0 heterocycles. The van der Waals surface area contributed by atoms with Crippen LogP contribution in [0.5, 0.6) is 5.75 Å². The van der Waals surface area contributed by atoms with Crippen LogP contribution in [0.25, 0.3) is 11.1 Å². The topological polar surface area (TPSA) is 152 Å². The van der Waals surface area contributed by atoms with Crippen molar-refractivity contribution >= 4 is 63.7 Å². The van der Waals surface area contributed by atoms with E-state index in [2.05, 4.69) is 15.4 Å². The molecule has 0 aliphatic rings. The lowest BCUT2D eigenvalue weighted by atomic mass is 10.0. The van der Waals surface area contributed by atoms with Gasteiger partial charge in [0.05, 0.1) is 18.4 Å². The van der Waals surface area contributed by atoms with Crippen LogP contribution < -0.4 is 25.0 Å². The van der Waals surface area contributed by atoms with E-state index < -0.39 is 10.0 Å². The molecule has 0 spiro atoms. The van der Waals surface area contributed by atoms with Crippen LogP contribution in [-0.4, -0.2) is 79.0 Å². The maximum atomic E-state index is 13.6. The molecule has 0 saturated heterocycles. The van der Waals surface area contributed by atoms with Crippen molar-refractivity contribution in [1.29, 1.82) is 0 Å².